The van der Waals surface area contributed by atoms with E-state index in [1.54, 1.807) is 36.4 Å². The molecule has 0 unspecified atom stereocenters. The molecule has 0 aliphatic carbocycles. The van der Waals surface area contributed by atoms with Crippen molar-refractivity contribution in [1.82, 2.24) is 5.32 Å². The van der Waals surface area contributed by atoms with E-state index in [2.05, 4.69) is 5.32 Å². The predicted octanol–water partition coefficient (Wildman–Crippen LogP) is 5.10. The molecule has 0 saturated carbocycles. The van der Waals surface area contributed by atoms with Crippen molar-refractivity contribution in [3.63, 3.8) is 0 Å². The minimum absolute atomic E-state index is 0.145. The van der Waals surface area contributed by atoms with Crippen molar-refractivity contribution in [3.8, 4) is 5.75 Å². The van der Waals surface area contributed by atoms with Crippen LogP contribution in [0, 0.1) is 6.92 Å². The van der Waals surface area contributed by atoms with Gasteiger partial charge in [0.2, 0.25) is 5.91 Å². The summed E-state index contributed by atoms with van der Waals surface area (Å²) in [6.07, 6.45) is 0.636. The van der Waals surface area contributed by atoms with Gasteiger partial charge >= 0.3 is 0 Å². The predicted molar refractivity (Wildman–Crippen MR) is 144 cm³/mol. The number of benzene rings is 4. The maximum absolute atomic E-state index is 13.6. The number of nitrogens with one attached hydrogen (secondary N) is 1. The third-order valence-corrected chi connectivity index (χ3v) is 7.73. The lowest BCUT2D eigenvalue weighted by molar-refractivity contribution is -0.119. The SMILES string of the molecule is CCc1ccccc1N(CC(=O)NCCOc1ccc2ccccc2c1)S(=O)(=O)c1ccc(C)cc1. The van der Waals surface area contributed by atoms with E-state index in [1.807, 2.05) is 68.4 Å². The Morgan fingerprint density at radius 2 is 1.58 bits per heavy atom. The van der Waals surface area contributed by atoms with E-state index in [1.165, 1.54) is 4.31 Å². The number of rotatable bonds is 10. The molecule has 4 aromatic rings. The molecule has 6 nitrogen and oxygen atoms in total. The summed E-state index contributed by atoms with van der Waals surface area (Å²) in [7, 11) is -3.95. The van der Waals surface area contributed by atoms with Gasteiger partial charge in [-0.2, -0.15) is 0 Å². The third-order valence-electron chi connectivity index (χ3n) is 5.95. The fraction of sp³-hybridized carbons (Fsp3) is 0.207. The van der Waals surface area contributed by atoms with Gasteiger partial charge in [0.25, 0.3) is 10.0 Å². The Hall–Kier alpha value is -3.84. The molecular formula is C29H30N2O4S. The molecule has 0 atom stereocenters. The van der Waals surface area contributed by atoms with Gasteiger partial charge in [-0.15, -0.1) is 0 Å². The summed E-state index contributed by atoms with van der Waals surface area (Å²) in [6, 6.07) is 27.7. The minimum Gasteiger partial charge on any atom is -0.492 e. The van der Waals surface area contributed by atoms with Crippen molar-refractivity contribution in [2.45, 2.75) is 25.2 Å². The highest BCUT2D eigenvalue weighted by atomic mass is 32.2. The third kappa shape index (κ3) is 5.86. The van der Waals surface area contributed by atoms with Crippen LogP contribution in [-0.4, -0.2) is 34.0 Å². The van der Waals surface area contributed by atoms with Crippen LogP contribution >= 0.6 is 0 Å². The van der Waals surface area contributed by atoms with E-state index in [0.717, 1.165) is 21.9 Å². The minimum atomic E-state index is -3.95. The zero-order valence-electron chi connectivity index (χ0n) is 20.5. The first-order valence-corrected chi connectivity index (χ1v) is 13.4. The van der Waals surface area contributed by atoms with Crippen molar-refractivity contribution >= 4 is 32.4 Å². The lowest BCUT2D eigenvalue weighted by Gasteiger charge is -2.26. The summed E-state index contributed by atoms with van der Waals surface area (Å²) in [4.78, 5) is 13.0. The summed E-state index contributed by atoms with van der Waals surface area (Å²) in [5.74, 6) is 0.308. The van der Waals surface area contributed by atoms with E-state index in [0.29, 0.717) is 17.9 Å². The number of hydrogen-bond acceptors (Lipinski definition) is 4. The summed E-state index contributed by atoms with van der Waals surface area (Å²) in [5, 5.41) is 4.99. The van der Waals surface area contributed by atoms with Gasteiger partial charge in [-0.1, -0.05) is 73.2 Å². The molecule has 0 spiro atoms. The van der Waals surface area contributed by atoms with E-state index in [-0.39, 0.29) is 24.6 Å². The zero-order chi connectivity index (χ0) is 25.5. The summed E-state index contributed by atoms with van der Waals surface area (Å²) >= 11 is 0. The number of aryl methyl sites for hydroxylation is 2. The van der Waals surface area contributed by atoms with Crippen LogP contribution < -0.4 is 14.4 Å². The number of anilines is 1. The molecule has 0 bridgehead atoms. The number of hydrogen-bond donors (Lipinski definition) is 1. The molecule has 4 rings (SSSR count). The van der Waals surface area contributed by atoms with Crippen LogP contribution in [0.15, 0.2) is 95.9 Å². The van der Waals surface area contributed by atoms with Gasteiger partial charge in [0.1, 0.15) is 18.9 Å². The smallest absolute Gasteiger partial charge is 0.264 e. The number of nitrogens with zero attached hydrogens (tertiary/aromatic N) is 1. The van der Waals surface area contributed by atoms with Crippen LogP contribution in [0.1, 0.15) is 18.1 Å². The summed E-state index contributed by atoms with van der Waals surface area (Å²) < 4.78 is 34.2. The number of carbonyl (C=O) groups is 1. The second kappa shape index (κ2) is 11.3. The molecule has 1 N–H and O–H groups in total. The lowest BCUT2D eigenvalue weighted by atomic mass is 10.1. The highest BCUT2D eigenvalue weighted by Gasteiger charge is 2.28. The Kier molecular flexibility index (Phi) is 7.90. The second-order valence-corrected chi connectivity index (χ2v) is 10.4. The number of amides is 1. The van der Waals surface area contributed by atoms with E-state index < -0.39 is 15.9 Å². The van der Waals surface area contributed by atoms with E-state index in [4.69, 9.17) is 4.74 Å². The number of sulfonamides is 1. The molecule has 36 heavy (non-hydrogen) atoms. The topological polar surface area (TPSA) is 75.7 Å². The molecule has 7 heteroatoms. The van der Waals surface area contributed by atoms with E-state index in [9.17, 15) is 13.2 Å². The molecule has 186 valence electrons. The standard InChI is InChI=1S/C29H30N2O4S/c1-3-23-8-6-7-11-28(23)31(36(33,34)27-16-12-22(2)13-17-27)21-29(32)30-18-19-35-26-15-14-24-9-4-5-10-25(24)20-26/h4-17,20H,3,18-19,21H2,1-2H3,(H,30,32). The van der Waals surface area contributed by atoms with Crippen LogP contribution in [0.3, 0.4) is 0 Å². The molecule has 0 aromatic heterocycles. The quantitative estimate of drug-likeness (QED) is 0.306. The number of ether oxygens (including phenoxy) is 1. The van der Waals surface area contributed by atoms with Crippen LogP contribution in [-0.2, 0) is 21.2 Å². The van der Waals surface area contributed by atoms with Gasteiger partial charge in [0.15, 0.2) is 0 Å². The normalized spacial score (nSPS) is 11.3. The number of fused-ring (bicyclic) bond motifs is 1. The molecule has 0 heterocycles. The first-order valence-electron chi connectivity index (χ1n) is 11.9. The molecule has 1 amide bonds. The Balaban J connectivity index is 1.45. The van der Waals surface area contributed by atoms with Crippen molar-refractivity contribution in [3.05, 3.63) is 102 Å². The lowest BCUT2D eigenvalue weighted by Crippen LogP contribution is -2.42. The maximum Gasteiger partial charge on any atom is 0.264 e. The first kappa shape index (κ1) is 25.3. The van der Waals surface area contributed by atoms with E-state index >= 15 is 0 Å². The zero-order valence-corrected chi connectivity index (χ0v) is 21.3. The Morgan fingerprint density at radius 1 is 0.889 bits per heavy atom. The maximum atomic E-state index is 13.6. The Bertz CT molecular complexity index is 1450. The van der Waals surface area contributed by atoms with Crippen molar-refractivity contribution in [2.24, 2.45) is 0 Å². The van der Waals surface area contributed by atoms with Gasteiger partial charge in [-0.25, -0.2) is 8.42 Å². The monoisotopic (exact) mass is 502 g/mol. The van der Waals surface area contributed by atoms with Crippen molar-refractivity contribution in [1.29, 1.82) is 0 Å². The second-order valence-electron chi connectivity index (χ2n) is 8.51. The first-order chi connectivity index (χ1) is 17.4. The fourth-order valence-corrected chi connectivity index (χ4v) is 5.45. The van der Waals surface area contributed by atoms with Crippen molar-refractivity contribution < 1.29 is 17.9 Å². The fourth-order valence-electron chi connectivity index (χ4n) is 3.99. The molecule has 0 fully saturated rings. The van der Waals surface area contributed by atoms with Gasteiger partial charge in [-0.05, 0) is 60.0 Å². The van der Waals surface area contributed by atoms with Gasteiger partial charge < -0.3 is 10.1 Å². The highest BCUT2D eigenvalue weighted by molar-refractivity contribution is 7.92. The van der Waals surface area contributed by atoms with Crippen LogP contribution in [0.4, 0.5) is 5.69 Å². The molecule has 0 aliphatic rings. The molecule has 4 aromatic carbocycles. The molecule has 0 saturated heterocycles. The highest BCUT2D eigenvalue weighted by Crippen LogP contribution is 2.27. The molecule has 0 radical (unpaired) electrons. The van der Waals surface area contributed by atoms with Crippen LogP contribution in [0.2, 0.25) is 0 Å². The Labute approximate surface area is 212 Å². The number of para-hydroxylation sites is 1. The van der Waals surface area contributed by atoms with Crippen LogP contribution in [0.5, 0.6) is 5.75 Å². The largest absolute Gasteiger partial charge is 0.492 e. The van der Waals surface area contributed by atoms with Gasteiger partial charge in [0, 0.05) is 0 Å². The van der Waals surface area contributed by atoms with Crippen molar-refractivity contribution in [2.75, 3.05) is 24.0 Å². The molecular weight excluding hydrogens is 472 g/mol. The summed E-state index contributed by atoms with van der Waals surface area (Å²) in [5.41, 5.74) is 2.31. The summed E-state index contributed by atoms with van der Waals surface area (Å²) in [6.45, 7) is 4.04. The van der Waals surface area contributed by atoms with Gasteiger partial charge in [-0.3, -0.25) is 9.10 Å². The van der Waals surface area contributed by atoms with Crippen LogP contribution in [0.25, 0.3) is 10.8 Å². The average molecular weight is 503 g/mol. The average Bonchev–Trinajstić information content (AvgIpc) is 2.90. The Morgan fingerprint density at radius 3 is 2.33 bits per heavy atom. The number of carbonyl (C=O) groups excluding carboxylic acids is 1. The van der Waals surface area contributed by atoms with Gasteiger partial charge in [0.05, 0.1) is 17.1 Å². The molecule has 0 aliphatic heterocycles.